The first-order chi connectivity index (χ1) is 6.63. The SMILES string of the molecule is COC(=O)c1ccc(NC(=O)O)cc1. The third-order valence-corrected chi connectivity index (χ3v) is 1.56. The highest BCUT2D eigenvalue weighted by atomic mass is 16.5. The van der Waals surface area contributed by atoms with E-state index in [-0.39, 0.29) is 0 Å². The van der Waals surface area contributed by atoms with E-state index in [2.05, 4.69) is 10.1 Å². The van der Waals surface area contributed by atoms with Gasteiger partial charge in [-0.3, -0.25) is 5.32 Å². The summed E-state index contributed by atoms with van der Waals surface area (Å²) in [5.74, 6) is -0.452. The molecule has 0 aliphatic heterocycles. The molecule has 0 heterocycles. The van der Waals surface area contributed by atoms with Gasteiger partial charge in [0.15, 0.2) is 0 Å². The van der Waals surface area contributed by atoms with Crippen LogP contribution in [0.5, 0.6) is 0 Å². The van der Waals surface area contributed by atoms with Gasteiger partial charge in [0, 0.05) is 5.69 Å². The van der Waals surface area contributed by atoms with Crippen LogP contribution in [-0.2, 0) is 4.74 Å². The fraction of sp³-hybridized carbons (Fsp3) is 0.111. The quantitative estimate of drug-likeness (QED) is 0.702. The third kappa shape index (κ3) is 2.48. The molecule has 1 amide bonds. The lowest BCUT2D eigenvalue weighted by atomic mass is 10.2. The van der Waals surface area contributed by atoms with Gasteiger partial charge in [-0.2, -0.15) is 0 Å². The second-order valence-electron chi connectivity index (χ2n) is 2.50. The summed E-state index contributed by atoms with van der Waals surface area (Å²) in [5.41, 5.74) is 0.786. The number of rotatable bonds is 2. The highest BCUT2D eigenvalue weighted by molar-refractivity contribution is 5.90. The van der Waals surface area contributed by atoms with Crippen LogP contribution in [0.25, 0.3) is 0 Å². The highest BCUT2D eigenvalue weighted by Gasteiger charge is 2.04. The number of carbonyl (C=O) groups excluding carboxylic acids is 1. The molecule has 14 heavy (non-hydrogen) atoms. The van der Waals surface area contributed by atoms with Crippen LogP contribution in [0.1, 0.15) is 10.4 Å². The standard InChI is InChI=1S/C9H9NO4/c1-14-8(11)6-2-4-7(5-3-6)10-9(12)13/h2-5,10H,1H3,(H,12,13). The van der Waals surface area contributed by atoms with Crippen LogP contribution in [0.3, 0.4) is 0 Å². The number of carbonyl (C=O) groups is 2. The fourth-order valence-electron chi connectivity index (χ4n) is 0.931. The predicted octanol–water partition coefficient (Wildman–Crippen LogP) is 1.56. The van der Waals surface area contributed by atoms with Crippen LogP contribution < -0.4 is 5.32 Å². The Labute approximate surface area is 80.3 Å². The number of benzene rings is 1. The molecule has 1 aromatic rings. The van der Waals surface area contributed by atoms with Crippen LogP contribution in [0, 0.1) is 0 Å². The van der Waals surface area contributed by atoms with Crippen LogP contribution >= 0.6 is 0 Å². The fourth-order valence-corrected chi connectivity index (χ4v) is 0.931. The van der Waals surface area contributed by atoms with Crippen molar-refractivity contribution in [2.45, 2.75) is 0 Å². The maximum atomic E-state index is 11.0. The third-order valence-electron chi connectivity index (χ3n) is 1.56. The Bertz CT molecular complexity index is 344. The van der Waals surface area contributed by atoms with Crippen LogP contribution in [0.4, 0.5) is 10.5 Å². The number of amides is 1. The van der Waals surface area contributed by atoms with Gasteiger partial charge < -0.3 is 9.84 Å². The van der Waals surface area contributed by atoms with Gasteiger partial charge >= 0.3 is 12.1 Å². The van der Waals surface area contributed by atoms with E-state index in [0.29, 0.717) is 11.3 Å². The topological polar surface area (TPSA) is 75.6 Å². The van der Waals surface area contributed by atoms with Crippen molar-refractivity contribution in [2.24, 2.45) is 0 Å². The zero-order valence-electron chi connectivity index (χ0n) is 7.48. The van der Waals surface area contributed by atoms with Crippen molar-refractivity contribution < 1.29 is 19.4 Å². The first-order valence-electron chi connectivity index (χ1n) is 3.82. The van der Waals surface area contributed by atoms with Crippen LogP contribution in [0.15, 0.2) is 24.3 Å². The minimum absolute atomic E-state index is 0.378. The lowest BCUT2D eigenvalue weighted by Crippen LogP contribution is -2.07. The molecule has 0 atom stereocenters. The Morgan fingerprint density at radius 2 is 1.86 bits per heavy atom. The molecule has 1 rings (SSSR count). The monoisotopic (exact) mass is 195 g/mol. The second kappa shape index (κ2) is 4.27. The summed E-state index contributed by atoms with van der Waals surface area (Å²) in [6, 6.07) is 5.94. The number of carboxylic acid groups (broad SMARTS) is 1. The maximum absolute atomic E-state index is 11.0. The smallest absolute Gasteiger partial charge is 0.409 e. The molecule has 0 aromatic heterocycles. The predicted molar refractivity (Wildman–Crippen MR) is 49.4 cm³/mol. The molecule has 1 aromatic carbocycles. The van der Waals surface area contributed by atoms with Gasteiger partial charge in [0.05, 0.1) is 12.7 Å². The molecule has 0 aliphatic rings. The van der Waals surface area contributed by atoms with Gasteiger partial charge in [0.1, 0.15) is 0 Å². The molecular formula is C9H9NO4. The number of hydrogen-bond donors (Lipinski definition) is 2. The molecule has 5 heteroatoms. The molecule has 0 saturated heterocycles. The number of anilines is 1. The zero-order chi connectivity index (χ0) is 10.6. The van der Waals surface area contributed by atoms with Crippen molar-refractivity contribution in [3.05, 3.63) is 29.8 Å². The highest BCUT2D eigenvalue weighted by Crippen LogP contribution is 2.09. The average Bonchev–Trinajstić information content (AvgIpc) is 2.17. The summed E-state index contributed by atoms with van der Waals surface area (Å²) < 4.78 is 4.48. The van der Waals surface area contributed by atoms with Gasteiger partial charge in [-0.05, 0) is 24.3 Å². The minimum atomic E-state index is -1.14. The van der Waals surface area contributed by atoms with Crippen molar-refractivity contribution >= 4 is 17.7 Å². The molecule has 0 bridgehead atoms. The van der Waals surface area contributed by atoms with E-state index >= 15 is 0 Å². The number of hydrogen-bond acceptors (Lipinski definition) is 3. The van der Waals surface area contributed by atoms with Crippen LogP contribution in [-0.4, -0.2) is 24.3 Å². The molecule has 2 N–H and O–H groups in total. The van der Waals surface area contributed by atoms with Gasteiger partial charge in [-0.15, -0.1) is 0 Å². The molecule has 0 radical (unpaired) electrons. The summed E-state index contributed by atoms with van der Waals surface area (Å²) in [5, 5.41) is 10.5. The lowest BCUT2D eigenvalue weighted by molar-refractivity contribution is 0.0600. The lowest BCUT2D eigenvalue weighted by Gasteiger charge is -2.01. The maximum Gasteiger partial charge on any atom is 0.409 e. The molecular weight excluding hydrogens is 186 g/mol. The Morgan fingerprint density at radius 3 is 2.29 bits per heavy atom. The van der Waals surface area contributed by atoms with E-state index in [1.165, 1.54) is 31.4 Å². The number of nitrogens with one attached hydrogen (secondary N) is 1. The molecule has 0 unspecified atom stereocenters. The minimum Gasteiger partial charge on any atom is -0.465 e. The Hall–Kier alpha value is -2.04. The molecule has 0 spiro atoms. The Balaban J connectivity index is 2.78. The summed E-state index contributed by atoms with van der Waals surface area (Å²) >= 11 is 0. The summed E-state index contributed by atoms with van der Waals surface area (Å²) in [7, 11) is 1.28. The van der Waals surface area contributed by atoms with E-state index < -0.39 is 12.1 Å². The summed E-state index contributed by atoms with van der Waals surface area (Å²) in [4.78, 5) is 21.2. The van der Waals surface area contributed by atoms with Crippen molar-refractivity contribution in [1.29, 1.82) is 0 Å². The van der Waals surface area contributed by atoms with Gasteiger partial charge in [-0.25, -0.2) is 9.59 Å². The van der Waals surface area contributed by atoms with Crippen molar-refractivity contribution in [3.63, 3.8) is 0 Å². The average molecular weight is 195 g/mol. The zero-order valence-corrected chi connectivity index (χ0v) is 7.48. The van der Waals surface area contributed by atoms with E-state index in [1.807, 2.05) is 0 Å². The molecule has 0 fully saturated rings. The largest absolute Gasteiger partial charge is 0.465 e. The molecule has 0 saturated carbocycles. The Morgan fingerprint density at radius 1 is 1.29 bits per heavy atom. The van der Waals surface area contributed by atoms with Gasteiger partial charge in [0.2, 0.25) is 0 Å². The van der Waals surface area contributed by atoms with Crippen molar-refractivity contribution in [2.75, 3.05) is 12.4 Å². The van der Waals surface area contributed by atoms with Gasteiger partial charge in [-0.1, -0.05) is 0 Å². The normalized spacial score (nSPS) is 9.21. The molecule has 74 valence electrons. The first kappa shape index (κ1) is 10.0. The second-order valence-corrected chi connectivity index (χ2v) is 2.50. The van der Waals surface area contributed by atoms with E-state index in [4.69, 9.17) is 5.11 Å². The summed E-state index contributed by atoms with van der Waals surface area (Å²) in [6.45, 7) is 0. The van der Waals surface area contributed by atoms with E-state index in [1.54, 1.807) is 0 Å². The van der Waals surface area contributed by atoms with E-state index in [9.17, 15) is 9.59 Å². The number of ether oxygens (including phenoxy) is 1. The van der Waals surface area contributed by atoms with Gasteiger partial charge in [0.25, 0.3) is 0 Å². The van der Waals surface area contributed by atoms with Crippen LogP contribution in [0.2, 0.25) is 0 Å². The number of methoxy groups -OCH3 is 1. The number of esters is 1. The Kier molecular flexibility index (Phi) is 3.06. The first-order valence-corrected chi connectivity index (χ1v) is 3.82. The summed E-state index contributed by atoms with van der Waals surface area (Å²) in [6.07, 6.45) is -1.14. The van der Waals surface area contributed by atoms with Crippen molar-refractivity contribution in [3.8, 4) is 0 Å². The molecule has 5 nitrogen and oxygen atoms in total. The van der Waals surface area contributed by atoms with Crippen molar-refractivity contribution in [1.82, 2.24) is 0 Å². The molecule has 0 aliphatic carbocycles. The van der Waals surface area contributed by atoms with E-state index in [0.717, 1.165) is 0 Å².